The molecule has 0 saturated heterocycles. The zero-order valence-electron chi connectivity index (χ0n) is 11.2. The Morgan fingerprint density at radius 2 is 2.00 bits per heavy atom. The highest BCUT2D eigenvalue weighted by atomic mass is 19.1. The van der Waals surface area contributed by atoms with Crippen LogP contribution in [0.25, 0.3) is 11.3 Å². The largest absolute Gasteiger partial charge is 0.326 e. The molecule has 1 aromatic heterocycles. The Morgan fingerprint density at radius 1 is 1.32 bits per heavy atom. The number of halogens is 1. The quantitative estimate of drug-likeness (QED) is 0.855. The summed E-state index contributed by atoms with van der Waals surface area (Å²) in [5.74, 6) is 1.25. The summed E-state index contributed by atoms with van der Waals surface area (Å²) in [6, 6.07) is 6.74. The van der Waals surface area contributed by atoms with Gasteiger partial charge in [0.2, 0.25) is 0 Å². The molecule has 0 spiro atoms. The summed E-state index contributed by atoms with van der Waals surface area (Å²) in [6.45, 7) is 4.95. The van der Waals surface area contributed by atoms with E-state index in [1.807, 2.05) is 6.92 Å². The molecule has 19 heavy (non-hydrogen) atoms. The minimum Gasteiger partial charge on any atom is -0.326 e. The van der Waals surface area contributed by atoms with Gasteiger partial charge in [-0.15, -0.1) is 0 Å². The van der Waals surface area contributed by atoms with Gasteiger partial charge in [0.05, 0.1) is 11.4 Å². The van der Waals surface area contributed by atoms with Gasteiger partial charge in [0.1, 0.15) is 11.6 Å². The van der Waals surface area contributed by atoms with Gasteiger partial charge < -0.3 is 10.3 Å². The summed E-state index contributed by atoms with van der Waals surface area (Å²) in [5.41, 5.74) is 9.17. The van der Waals surface area contributed by atoms with Crippen LogP contribution in [0.2, 0.25) is 0 Å². The minimum absolute atomic E-state index is 0.162. The van der Waals surface area contributed by atoms with Crippen molar-refractivity contribution in [1.82, 2.24) is 9.55 Å². The highest BCUT2D eigenvalue weighted by molar-refractivity contribution is 5.63. The Labute approximate surface area is 112 Å². The van der Waals surface area contributed by atoms with Crippen molar-refractivity contribution >= 4 is 0 Å². The number of nitrogens with two attached hydrogens (primary N) is 1. The lowest BCUT2D eigenvalue weighted by Crippen LogP contribution is -2.33. The Balaban J connectivity index is 2.14. The summed E-state index contributed by atoms with van der Waals surface area (Å²) in [5, 5.41) is 0. The summed E-state index contributed by atoms with van der Waals surface area (Å²) < 4.78 is 15.2. The molecule has 1 aromatic carbocycles. The number of hydrogen-bond acceptors (Lipinski definition) is 2. The van der Waals surface area contributed by atoms with E-state index in [2.05, 4.69) is 16.5 Å². The molecule has 2 aromatic rings. The molecule has 0 radical (unpaired) electrons. The van der Waals surface area contributed by atoms with E-state index in [4.69, 9.17) is 5.73 Å². The van der Waals surface area contributed by atoms with Crippen LogP contribution in [0.3, 0.4) is 0 Å². The molecular formula is C15H18FN3. The number of aryl methyl sites for hydroxylation is 1. The van der Waals surface area contributed by atoms with Crippen molar-refractivity contribution in [3.05, 3.63) is 41.6 Å². The Bertz CT molecular complexity index is 601. The van der Waals surface area contributed by atoms with Crippen molar-refractivity contribution in [3.8, 4) is 11.3 Å². The van der Waals surface area contributed by atoms with Crippen molar-refractivity contribution in [3.63, 3.8) is 0 Å². The molecule has 1 aliphatic heterocycles. The molecule has 3 rings (SSSR count). The van der Waals surface area contributed by atoms with Gasteiger partial charge in [0, 0.05) is 24.1 Å². The average Bonchev–Trinajstić information content (AvgIpc) is 2.67. The van der Waals surface area contributed by atoms with Crippen LogP contribution in [0.1, 0.15) is 30.8 Å². The van der Waals surface area contributed by atoms with Crippen LogP contribution in [-0.4, -0.2) is 15.6 Å². The summed E-state index contributed by atoms with van der Waals surface area (Å²) in [4.78, 5) is 4.68. The number of rotatable bonds is 1. The zero-order valence-corrected chi connectivity index (χ0v) is 11.2. The topological polar surface area (TPSA) is 43.8 Å². The van der Waals surface area contributed by atoms with Gasteiger partial charge in [0.25, 0.3) is 0 Å². The van der Waals surface area contributed by atoms with Gasteiger partial charge in [-0.25, -0.2) is 9.37 Å². The molecule has 0 bridgehead atoms. The lowest BCUT2D eigenvalue weighted by atomic mass is 9.97. The SMILES string of the molecule is Cc1nc2n(c1-c1ccc(F)cc1)CC(N)CC2C. The third kappa shape index (κ3) is 2.06. The zero-order chi connectivity index (χ0) is 13.6. The fourth-order valence-electron chi connectivity index (χ4n) is 3.00. The maximum atomic E-state index is 13.0. The lowest BCUT2D eigenvalue weighted by molar-refractivity contribution is 0.409. The van der Waals surface area contributed by atoms with E-state index in [1.54, 1.807) is 12.1 Å². The molecule has 1 aliphatic rings. The molecule has 100 valence electrons. The molecular weight excluding hydrogens is 241 g/mol. The predicted molar refractivity (Wildman–Crippen MR) is 73.4 cm³/mol. The third-order valence-corrected chi connectivity index (χ3v) is 3.80. The summed E-state index contributed by atoms with van der Waals surface area (Å²) in [7, 11) is 0. The van der Waals surface area contributed by atoms with E-state index in [9.17, 15) is 4.39 Å². The number of fused-ring (bicyclic) bond motifs is 1. The van der Waals surface area contributed by atoms with Crippen molar-refractivity contribution in [2.24, 2.45) is 5.73 Å². The van der Waals surface area contributed by atoms with Gasteiger partial charge in [-0.05, 0) is 37.6 Å². The molecule has 0 amide bonds. The number of nitrogens with zero attached hydrogens (tertiary/aromatic N) is 2. The number of benzene rings is 1. The van der Waals surface area contributed by atoms with E-state index in [0.29, 0.717) is 5.92 Å². The second-order valence-corrected chi connectivity index (χ2v) is 5.42. The first kappa shape index (κ1) is 12.4. The summed E-state index contributed by atoms with van der Waals surface area (Å²) >= 11 is 0. The van der Waals surface area contributed by atoms with Crippen LogP contribution < -0.4 is 5.73 Å². The van der Waals surface area contributed by atoms with Gasteiger partial charge in [0.15, 0.2) is 0 Å². The maximum Gasteiger partial charge on any atom is 0.123 e. The van der Waals surface area contributed by atoms with E-state index >= 15 is 0 Å². The number of imidazole rings is 1. The fourth-order valence-corrected chi connectivity index (χ4v) is 3.00. The van der Waals surface area contributed by atoms with Gasteiger partial charge in [-0.2, -0.15) is 0 Å². The first-order valence-corrected chi connectivity index (χ1v) is 6.65. The van der Waals surface area contributed by atoms with Crippen LogP contribution in [0.4, 0.5) is 4.39 Å². The molecule has 2 unspecified atom stereocenters. The molecule has 3 nitrogen and oxygen atoms in total. The van der Waals surface area contributed by atoms with Crippen molar-refractivity contribution in [1.29, 1.82) is 0 Å². The lowest BCUT2D eigenvalue weighted by Gasteiger charge is -2.27. The van der Waals surface area contributed by atoms with E-state index in [-0.39, 0.29) is 11.9 Å². The predicted octanol–water partition coefficient (Wildman–Crippen LogP) is 2.83. The first-order chi connectivity index (χ1) is 9.06. The van der Waals surface area contributed by atoms with Crippen LogP contribution in [-0.2, 0) is 6.54 Å². The first-order valence-electron chi connectivity index (χ1n) is 6.65. The summed E-state index contributed by atoms with van der Waals surface area (Å²) in [6.07, 6.45) is 0.972. The monoisotopic (exact) mass is 259 g/mol. The van der Waals surface area contributed by atoms with Crippen molar-refractivity contribution < 1.29 is 4.39 Å². The normalized spacial score (nSPS) is 22.3. The highest BCUT2D eigenvalue weighted by Crippen LogP contribution is 2.33. The van der Waals surface area contributed by atoms with Gasteiger partial charge >= 0.3 is 0 Å². The molecule has 4 heteroatoms. The van der Waals surface area contributed by atoms with Gasteiger partial charge in [-0.3, -0.25) is 0 Å². The van der Waals surface area contributed by atoms with E-state index < -0.39 is 0 Å². The highest BCUT2D eigenvalue weighted by Gasteiger charge is 2.27. The molecule has 0 aliphatic carbocycles. The number of hydrogen-bond donors (Lipinski definition) is 1. The van der Waals surface area contributed by atoms with Crippen molar-refractivity contribution in [2.75, 3.05) is 0 Å². The second kappa shape index (κ2) is 4.46. The Morgan fingerprint density at radius 3 is 2.68 bits per heavy atom. The van der Waals surface area contributed by atoms with Crippen LogP contribution in [0.5, 0.6) is 0 Å². The van der Waals surface area contributed by atoms with E-state index in [1.165, 1.54) is 12.1 Å². The minimum atomic E-state index is -0.218. The molecule has 2 heterocycles. The standard InChI is InChI=1S/C15H18FN3/c1-9-7-13(17)8-19-14(10(2)18-15(9)19)11-3-5-12(16)6-4-11/h3-6,9,13H,7-8,17H2,1-2H3. The van der Waals surface area contributed by atoms with Crippen LogP contribution in [0, 0.1) is 12.7 Å². The smallest absolute Gasteiger partial charge is 0.123 e. The fraction of sp³-hybridized carbons (Fsp3) is 0.400. The van der Waals surface area contributed by atoms with E-state index in [0.717, 1.165) is 35.7 Å². The Kier molecular flexibility index (Phi) is 2.90. The Hall–Kier alpha value is -1.68. The van der Waals surface area contributed by atoms with Gasteiger partial charge in [-0.1, -0.05) is 6.92 Å². The van der Waals surface area contributed by atoms with Crippen LogP contribution in [0.15, 0.2) is 24.3 Å². The molecule has 0 fully saturated rings. The van der Waals surface area contributed by atoms with Crippen molar-refractivity contribution in [2.45, 2.75) is 38.8 Å². The molecule has 0 saturated carbocycles. The van der Waals surface area contributed by atoms with Crippen LogP contribution >= 0.6 is 0 Å². The number of aromatic nitrogens is 2. The molecule has 2 N–H and O–H groups in total. The third-order valence-electron chi connectivity index (χ3n) is 3.80. The maximum absolute atomic E-state index is 13.0. The average molecular weight is 259 g/mol. The molecule has 2 atom stereocenters. The second-order valence-electron chi connectivity index (χ2n) is 5.42.